The van der Waals surface area contributed by atoms with E-state index in [1.807, 2.05) is 0 Å². The number of methoxy groups -OCH3 is 1. The molecule has 0 aliphatic carbocycles. The van der Waals surface area contributed by atoms with E-state index in [0.717, 1.165) is 0 Å². The van der Waals surface area contributed by atoms with Gasteiger partial charge in [-0.1, -0.05) is 6.58 Å². The second-order valence-corrected chi connectivity index (χ2v) is 4.89. The average molecular weight is 334 g/mol. The third kappa shape index (κ3) is 5.18. The van der Waals surface area contributed by atoms with Crippen LogP contribution in [-0.4, -0.2) is 31.4 Å². The minimum atomic E-state index is -2.99. The molecule has 0 fully saturated rings. The van der Waals surface area contributed by atoms with Gasteiger partial charge in [0.2, 0.25) is 5.91 Å². The number of ether oxygens (including phenoxy) is 2. The van der Waals surface area contributed by atoms with E-state index in [2.05, 4.69) is 11.9 Å². The van der Waals surface area contributed by atoms with E-state index in [-0.39, 0.29) is 23.8 Å². The van der Waals surface area contributed by atoms with Crippen LogP contribution in [0.5, 0.6) is 11.5 Å². The van der Waals surface area contributed by atoms with Crippen molar-refractivity contribution >= 4 is 23.2 Å². The highest BCUT2D eigenvalue weighted by molar-refractivity contribution is 6.29. The fraction of sp³-hybridized carbons (Fsp3) is 0.400. The lowest BCUT2D eigenvalue weighted by Crippen LogP contribution is -2.21. The Morgan fingerprint density at radius 1 is 1.45 bits per heavy atom. The summed E-state index contributed by atoms with van der Waals surface area (Å²) in [5.74, 6) is -2.91. The molecule has 0 heterocycles. The van der Waals surface area contributed by atoms with E-state index in [4.69, 9.17) is 21.1 Å². The third-order valence-corrected chi connectivity index (χ3v) is 3.12. The molecule has 0 saturated heterocycles. The van der Waals surface area contributed by atoms with E-state index in [0.29, 0.717) is 11.4 Å². The van der Waals surface area contributed by atoms with Crippen LogP contribution in [0, 0.1) is 0 Å². The zero-order valence-electron chi connectivity index (χ0n) is 12.4. The molecule has 0 radical (unpaired) electrons. The summed E-state index contributed by atoms with van der Waals surface area (Å²) in [6, 6.07) is 4.65. The first-order chi connectivity index (χ1) is 10.3. The molecule has 0 aliphatic heterocycles. The number of amides is 1. The maximum Gasteiger partial charge on any atom is 0.272 e. The van der Waals surface area contributed by atoms with Crippen molar-refractivity contribution in [3.63, 3.8) is 0 Å². The van der Waals surface area contributed by atoms with Crippen molar-refractivity contribution in [2.24, 2.45) is 0 Å². The van der Waals surface area contributed by atoms with Crippen LogP contribution in [0.3, 0.4) is 0 Å². The molecule has 1 amide bonds. The van der Waals surface area contributed by atoms with Crippen molar-refractivity contribution in [1.82, 2.24) is 0 Å². The number of carbonyl (C=O) groups excluding carboxylic acids is 1. The normalized spacial score (nSPS) is 11.0. The second kappa shape index (κ2) is 7.98. The van der Waals surface area contributed by atoms with Crippen LogP contribution in [0.25, 0.3) is 0 Å². The van der Waals surface area contributed by atoms with Crippen molar-refractivity contribution in [2.75, 3.05) is 24.9 Å². The molecule has 4 nitrogen and oxygen atoms in total. The Morgan fingerprint density at radius 2 is 2.14 bits per heavy atom. The molecule has 0 aromatic heterocycles. The molecule has 1 aromatic carbocycles. The lowest BCUT2D eigenvalue weighted by Gasteiger charge is -2.18. The van der Waals surface area contributed by atoms with Crippen LogP contribution in [0.15, 0.2) is 30.4 Å². The first kappa shape index (κ1) is 18.2. The number of hydrogen-bond acceptors (Lipinski definition) is 3. The molecule has 1 aromatic rings. The zero-order valence-corrected chi connectivity index (χ0v) is 13.2. The second-order valence-electron chi connectivity index (χ2n) is 4.63. The van der Waals surface area contributed by atoms with Gasteiger partial charge in [0.1, 0.15) is 17.4 Å². The summed E-state index contributed by atoms with van der Waals surface area (Å²) in [4.78, 5) is 11.4. The van der Waals surface area contributed by atoms with E-state index in [1.165, 1.54) is 26.2 Å². The fourth-order valence-electron chi connectivity index (χ4n) is 1.55. The Kier molecular flexibility index (Phi) is 6.61. The minimum absolute atomic E-state index is 0.221. The Morgan fingerprint density at radius 3 is 2.68 bits per heavy atom. The molecule has 0 aliphatic rings. The van der Waals surface area contributed by atoms with E-state index >= 15 is 0 Å². The Balaban J connectivity index is 2.80. The summed E-state index contributed by atoms with van der Waals surface area (Å²) in [7, 11) is 1.47. The van der Waals surface area contributed by atoms with Crippen LogP contribution in [0.2, 0.25) is 0 Å². The predicted octanol–water partition coefficient (Wildman–Crippen LogP) is 3.85. The molecule has 0 bridgehead atoms. The van der Waals surface area contributed by atoms with Crippen molar-refractivity contribution in [1.29, 1.82) is 0 Å². The van der Waals surface area contributed by atoms with Gasteiger partial charge in [-0.3, -0.25) is 4.79 Å². The molecule has 0 atom stereocenters. The lowest BCUT2D eigenvalue weighted by atomic mass is 10.1. The minimum Gasteiger partial charge on any atom is -0.497 e. The highest BCUT2D eigenvalue weighted by Gasteiger charge is 2.29. The largest absolute Gasteiger partial charge is 0.497 e. The maximum atomic E-state index is 13.4. The SMILES string of the molecule is C=C(C)C(F)(F)CCOc1ccc(OC)cc1NC(=O)CCl. The van der Waals surface area contributed by atoms with Crippen LogP contribution in [0.4, 0.5) is 14.5 Å². The first-order valence-electron chi connectivity index (χ1n) is 6.50. The van der Waals surface area contributed by atoms with E-state index in [9.17, 15) is 13.6 Å². The molecule has 0 saturated carbocycles. The van der Waals surface area contributed by atoms with Gasteiger partial charge in [0.15, 0.2) is 0 Å². The van der Waals surface area contributed by atoms with E-state index < -0.39 is 18.3 Å². The van der Waals surface area contributed by atoms with Gasteiger partial charge in [-0.25, -0.2) is 8.78 Å². The third-order valence-electron chi connectivity index (χ3n) is 2.88. The topological polar surface area (TPSA) is 47.6 Å². The number of allylic oxidation sites excluding steroid dienone is 1. The summed E-state index contributed by atoms with van der Waals surface area (Å²) in [5, 5.41) is 2.52. The summed E-state index contributed by atoms with van der Waals surface area (Å²) < 4.78 is 37.3. The number of anilines is 1. The Bertz CT molecular complexity index is 550. The van der Waals surface area contributed by atoms with Crippen molar-refractivity contribution in [3.8, 4) is 11.5 Å². The monoisotopic (exact) mass is 333 g/mol. The van der Waals surface area contributed by atoms with E-state index in [1.54, 1.807) is 6.07 Å². The smallest absolute Gasteiger partial charge is 0.272 e. The predicted molar refractivity (Wildman–Crippen MR) is 82.2 cm³/mol. The Labute approximate surface area is 133 Å². The highest BCUT2D eigenvalue weighted by atomic mass is 35.5. The number of halogens is 3. The van der Waals surface area contributed by atoms with Gasteiger partial charge in [-0.15, -0.1) is 11.6 Å². The summed E-state index contributed by atoms with van der Waals surface area (Å²) in [5.41, 5.74) is 0.0881. The van der Waals surface area contributed by atoms with Crippen LogP contribution >= 0.6 is 11.6 Å². The van der Waals surface area contributed by atoms with Crippen molar-refractivity contribution < 1.29 is 23.0 Å². The fourth-order valence-corrected chi connectivity index (χ4v) is 1.61. The van der Waals surface area contributed by atoms with Gasteiger partial charge in [0.05, 0.1) is 19.4 Å². The van der Waals surface area contributed by atoms with Gasteiger partial charge < -0.3 is 14.8 Å². The number of hydrogen-bond donors (Lipinski definition) is 1. The Hall–Kier alpha value is -1.82. The van der Waals surface area contributed by atoms with Crippen LogP contribution in [-0.2, 0) is 4.79 Å². The average Bonchev–Trinajstić information content (AvgIpc) is 2.48. The standard InChI is InChI=1S/C15H18ClF2NO3/c1-10(2)15(17,18)6-7-22-13-5-4-11(21-3)8-12(13)19-14(20)9-16/h4-5,8H,1,6-7,9H2,2-3H3,(H,19,20). The van der Waals surface area contributed by atoms with Gasteiger partial charge in [0, 0.05) is 12.5 Å². The number of benzene rings is 1. The van der Waals surface area contributed by atoms with Crippen molar-refractivity contribution in [3.05, 3.63) is 30.4 Å². The van der Waals surface area contributed by atoms with Gasteiger partial charge in [0.25, 0.3) is 5.92 Å². The molecular weight excluding hydrogens is 316 g/mol. The van der Waals surface area contributed by atoms with Gasteiger partial charge >= 0.3 is 0 Å². The molecular formula is C15H18ClF2NO3. The summed E-state index contributed by atoms with van der Waals surface area (Å²) in [6.45, 7) is 4.29. The molecule has 0 spiro atoms. The molecule has 7 heteroatoms. The molecule has 122 valence electrons. The maximum absolute atomic E-state index is 13.4. The number of alkyl halides is 3. The highest BCUT2D eigenvalue weighted by Crippen LogP contribution is 2.31. The molecule has 1 N–H and O–H groups in total. The summed E-state index contributed by atoms with van der Waals surface area (Å²) in [6.07, 6.45) is -0.503. The van der Waals surface area contributed by atoms with Gasteiger partial charge in [-0.2, -0.15) is 0 Å². The van der Waals surface area contributed by atoms with Gasteiger partial charge in [-0.05, 0) is 24.6 Å². The number of rotatable bonds is 8. The zero-order chi connectivity index (χ0) is 16.8. The van der Waals surface area contributed by atoms with Crippen molar-refractivity contribution in [2.45, 2.75) is 19.3 Å². The first-order valence-corrected chi connectivity index (χ1v) is 7.04. The lowest BCUT2D eigenvalue weighted by molar-refractivity contribution is -0.113. The van der Waals surface area contributed by atoms with Crippen LogP contribution in [0.1, 0.15) is 13.3 Å². The van der Waals surface area contributed by atoms with Crippen LogP contribution < -0.4 is 14.8 Å². The quantitative estimate of drug-likeness (QED) is 0.580. The summed E-state index contributed by atoms with van der Waals surface area (Å²) >= 11 is 5.43. The molecule has 1 rings (SSSR count). The number of nitrogens with one attached hydrogen (secondary N) is 1. The number of carbonyl (C=O) groups is 1. The molecule has 0 unspecified atom stereocenters. The molecule has 22 heavy (non-hydrogen) atoms.